The summed E-state index contributed by atoms with van der Waals surface area (Å²) >= 11 is 0. The number of hydrogen-bond acceptors (Lipinski definition) is 6. The van der Waals surface area contributed by atoms with Gasteiger partial charge in [0.1, 0.15) is 23.0 Å². The van der Waals surface area contributed by atoms with Crippen molar-refractivity contribution >= 4 is 26.8 Å². The molecular weight excluding hydrogens is 493 g/mol. The summed E-state index contributed by atoms with van der Waals surface area (Å²) in [5.41, 5.74) is 1.35. The number of nitrogens with one attached hydrogen (secondary N) is 1. The third-order valence-corrected chi connectivity index (χ3v) is 7.07. The normalized spacial score (nSPS) is 11.3. The molecule has 3 aromatic carbocycles. The zero-order chi connectivity index (χ0) is 26.2. The molecule has 5 aromatic rings. The van der Waals surface area contributed by atoms with Gasteiger partial charge in [0.2, 0.25) is 0 Å². The number of hydrogen-bond donors (Lipinski definition) is 1. The second kappa shape index (κ2) is 9.33. The minimum Gasteiger partial charge on any atom is -0.422 e. The van der Waals surface area contributed by atoms with Crippen LogP contribution in [-0.2, 0) is 10.0 Å². The van der Waals surface area contributed by atoms with Gasteiger partial charge >= 0.3 is 5.63 Å². The Hall–Kier alpha value is -4.81. The maximum atomic E-state index is 13.9. The Kier molecular flexibility index (Phi) is 6.03. The van der Waals surface area contributed by atoms with Crippen molar-refractivity contribution in [3.05, 3.63) is 112 Å². The van der Waals surface area contributed by atoms with Crippen molar-refractivity contribution < 1.29 is 17.2 Å². The summed E-state index contributed by atoms with van der Waals surface area (Å²) in [4.78, 5) is 17.2. The van der Waals surface area contributed by atoms with E-state index in [2.05, 4.69) is 9.71 Å². The molecule has 0 fully saturated rings. The van der Waals surface area contributed by atoms with E-state index in [1.807, 2.05) is 25.1 Å². The zero-order valence-electron chi connectivity index (χ0n) is 19.4. The van der Waals surface area contributed by atoms with Gasteiger partial charge in [-0.05, 0) is 55.0 Å². The summed E-state index contributed by atoms with van der Waals surface area (Å²) in [6, 6.07) is 23.6. The molecule has 9 heteroatoms. The molecule has 0 saturated carbocycles. The number of aryl methyl sites for hydroxylation is 1. The Morgan fingerprint density at radius 2 is 1.73 bits per heavy atom. The fourth-order valence-corrected chi connectivity index (χ4v) is 5.00. The van der Waals surface area contributed by atoms with Gasteiger partial charge in [-0.25, -0.2) is 22.6 Å². The fourth-order valence-electron chi connectivity index (χ4n) is 3.97. The fraction of sp³-hybridized carbons (Fsp3) is 0.0357. The van der Waals surface area contributed by atoms with Gasteiger partial charge in [0.25, 0.3) is 10.0 Å². The second-order valence-corrected chi connectivity index (χ2v) is 9.99. The van der Waals surface area contributed by atoms with E-state index in [1.165, 1.54) is 42.5 Å². The number of pyridine rings is 1. The van der Waals surface area contributed by atoms with E-state index in [1.54, 1.807) is 30.3 Å². The first kappa shape index (κ1) is 23.9. The van der Waals surface area contributed by atoms with Crippen LogP contribution >= 0.6 is 0 Å². The number of halogens is 1. The van der Waals surface area contributed by atoms with E-state index in [0.717, 1.165) is 5.56 Å². The number of fused-ring (bicyclic) bond motifs is 1. The molecule has 7 nitrogen and oxygen atoms in total. The van der Waals surface area contributed by atoms with Crippen molar-refractivity contribution in [2.45, 2.75) is 11.8 Å². The van der Waals surface area contributed by atoms with Crippen LogP contribution in [0.2, 0.25) is 0 Å². The largest absolute Gasteiger partial charge is 0.422 e. The van der Waals surface area contributed by atoms with E-state index in [0.29, 0.717) is 16.5 Å². The highest BCUT2D eigenvalue weighted by atomic mass is 32.2. The molecule has 0 unspecified atom stereocenters. The van der Waals surface area contributed by atoms with E-state index in [4.69, 9.17) is 4.42 Å². The van der Waals surface area contributed by atoms with Gasteiger partial charge in [0.05, 0.1) is 16.2 Å². The molecule has 1 N–H and O–H groups in total. The summed E-state index contributed by atoms with van der Waals surface area (Å²) < 4.78 is 47.9. The Balaban J connectivity index is 1.78. The standard InChI is InChI=1S/C28H18FN3O4S/c1-17-6-5-7-18(12-17)22-15-25(23-14-19-13-20(29)10-11-26(19)36-28(23)33)31-27(24(22)16-30)32-37(34,35)21-8-3-2-4-9-21/h2-15H,1H3,(H,31,32). The molecule has 0 amide bonds. The molecule has 0 aliphatic rings. The van der Waals surface area contributed by atoms with Crippen molar-refractivity contribution in [2.75, 3.05) is 4.72 Å². The van der Waals surface area contributed by atoms with Crippen LogP contribution in [0.5, 0.6) is 0 Å². The van der Waals surface area contributed by atoms with E-state index in [-0.39, 0.29) is 33.1 Å². The predicted octanol–water partition coefficient (Wildman–Crippen LogP) is 5.64. The first-order valence-electron chi connectivity index (χ1n) is 11.1. The monoisotopic (exact) mass is 511 g/mol. The maximum Gasteiger partial charge on any atom is 0.345 e. The number of nitrogens with zero attached hydrogens (tertiary/aromatic N) is 2. The lowest BCUT2D eigenvalue weighted by Crippen LogP contribution is -2.16. The maximum absolute atomic E-state index is 13.9. The van der Waals surface area contributed by atoms with Crippen LogP contribution in [0.1, 0.15) is 11.1 Å². The van der Waals surface area contributed by atoms with Crippen molar-refractivity contribution in [3.8, 4) is 28.5 Å². The number of sulfonamides is 1. The van der Waals surface area contributed by atoms with Crippen LogP contribution in [0.15, 0.2) is 99.0 Å². The molecule has 0 bridgehead atoms. The zero-order valence-corrected chi connectivity index (χ0v) is 20.2. The Labute approximate surface area is 211 Å². The molecule has 0 saturated heterocycles. The van der Waals surface area contributed by atoms with Gasteiger partial charge in [-0.2, -0.15) is 5.26 Å². The average Bonchev–Trinajstić information content (AvgIpc) is 2.88. The van der Waals surface area contributed by atoms with Gasteiger partial charge in [-0.3, -0.25) is 4.72 Å². The Bertz CT molecular complexity index is 1880. The molecule has 0 atom stereocenters. The minimum atomic E-state index is -4.12. The third kappa shape index (κ3) is 4.70. The highest BCUT2D eigenvalue weighted by molar-refractivity contribution is 7.92. The van der Waals surface area contributed by atoms with Crippen LogP contribution in [0, 0.1) is 24.1 Å². The second-order valence-electron chi connectivity index (χ2n) is 8.31. The molecule has 5 rings (SSSR count). The van der Waals surface area contributed by atoms with Gasteiger partial charge in [-0.15, -0.1) is 0 Å². The smallest absolute Gasteiger partial charge is 0.345 e. The highest BCUT2D eigenvalue weighted by Crippen LogP contribution is 2.33. The van der Waals surface area contributed by atoms with E-state index < -0.39 is 21.5 Å². The lowest BCUT2D eigenvalue weighted by atomic mass is 9.97. The topological polar surface area (TPSA) is 113 Å². The Morgan fingerprint density at radius 3 is 2.46 bits per heavy atom. The summed E-state index contributed by atoms with van der Waals surface area (Å²) in [7, 11) is -4.12. The lowest BCUT2D eigenvalue weighted by Gasteiger charge is -2.14. The lowest BCUT2D eigenvalue weighted by molar-refractivity contribution is 0.560. The van der Waals surface area contributed by atoms with Crippen LogP contribution in [-0.4, -0.2) is 13.4 Å². The summed E-state index contributed by atoms with van der Waals surface area (Å²) in [6.07, 6.45) is 0. The summed E-state index contributed by atoms with van der Waals surface area (Å²) in [6.45, 7) is 1.88. The highest BCUT2D eigenvalue weighted by Gasteiger charge is 2.22. The quantitative estimate of drug-likeness (QED) is 0.306. The molecule has 2 aromatic heterocycles. The van der Waals surface area contributed by atoms with Gasteiger partial charge < -0.3 is 4.42 Å². The number of rotatable bonds is 5. The average molecular weight is 512 g/mol. The molecule has 37 heavy (non-hydrogen) atoms. The van der Waals surface area contributed by atoms with Gasteiger partial charge in [-0.1, -0.05) is 48.0 Å². The van der Waals surface area contributed by atoms with E-state index in [9.17, 15) is 22.9 Å². The summed E-state index contributed by atoms with van der Waals surface area (Å²) in [5, 5.41) is 10.4. The van der Waals surface area contributed by atoms with E-state index >= 15 is 0 Å². The molecule has 2 heterocycles. The minimum absolute atomic E-state index is 0.0170. The van der Waals surface area contributed by atoms with Crippen LogP contribution in [0.4, 0.5) is 10.2 Å². The molecule has 0 aliphatic heterocycles. The molecule has 0 radical (unpaired) electrons. The van der Waals surface area contributed by atoms with Crippen LogP contribution in [0.3, 0.4) is 0 Å². The molecule has 0 spiro atoms. The Morgan fingerprint density at radius 1 is 0.946 bits per heavy atom. The van der Waals surface area contributed by atoms with Gasteiger partial charge in [0, 0.05) is 10.9 Å². The van der Waals surface area contributed by atoms with Crippen molar-refractivity contribution in [3.63, 3.8) is 0 Å². The molecule has 182 valence electrons. The molecular formula is C28H18FN3O4S. The number of anilines is 1. The van der Waals surface area contributed by atoms with Crippen molar-refractivity contribution in [1.29, 1.82) is 5.26 Å². The SMILES string of the molecule is Cc1cccc(-c2cc(-c3cc4cc(F)ccc4oc3=O)nc(NS(=O)(=O)c3ccccc3)c2C#N)c1. The summed E-state index contributed by atoms with van der Waals surface area (Å²) in [5.74, 6) is -0.768. The predicted molar refractivity (Wildman–Crippen MR) is 138 cm³/mol. The first-order chi connectivity index (χ1) is 17.7. The number of aromatic nitrogens is 1. The first-order valence-corrected chi connectivity index (χ1v) is 12.6. The number of benzene rings is 3. The van der Waals surface area contributed by atoms with Crippen molar-refractivity contribution in [2.24, 2.45) is 0 Å². The third-order valence-electron chi connectivity index (χ3n) is 5.72. The van der Waals surface area contributed by atoms with Crippen LogP contribution in [0.25, 0.3) is 33.4 Å². The van der Waals surface area contributed by atoms with Crippen LogP contribution < -0.4 is 10.3 Å². The van der Waals surface area contributed by atoms with Crippen molar-refractivity contribution in [1.82, 2.24) is 4.98 Å². The number of nitriles is 1. The van der Waals surface area contributed by atoms with Gasteiger partial charge in [0.15, 0.2) is 5.82 Å². The molecule has 0 aliphatic carbocycles.